The van der Waals surface area contributed by atoms with E-state index in [1.54, 1.807) is 0 Å². The van der Waals surface area contributed by atoms with Crippen molar-refractivity contribution in [2.45, 2.75) is 19.5 Å². The molecule has 0 heterocycles. The summed E-state index contributed by atoms with van der Waals surface area (Å²) in [4.78, 5) is 10.9. The molecule has 0 aromatic heterocycles. The minimum atomic E-state index is -1.91. The van der Waals surface area contributed by atoms with E-state index in [1.165, 1.54) is 19.9 Å². The van der Waals surface area contributed by atoms with Crippen LogP contribution in [0.3, 0.4) is 0 Å². The summed E-state index contributed by atoms with van der Waals surface area (Å²) in [6.07, 6.45) is 2.58. The largest absolute Gasteiger partial charge is 0.291 e. The average Bonchev–Trinajstić information content (AvgIpc) is 1.95. The zero-order valence-corrected chi connectivity index (χ0v) is 7.07. The summed E-state index contributed by atoms with van der Waals surface area (Å²) in [5, 5.41) is 0.314. The minimum Gasteiger partial charge on any atom is -0.291 e. The maximum Gasteiger partial charge on any atom is 0.196 e. The van der Waals surface area contributed by atoms with Gasteiger partial charge in [0, 0.05) is 5.03 Å². The van der Waals surface area contributed by atoms with E-state index >= 15 is 0 Å². The number of allylic oxidation sites excluding steroid dienone is 4. The van der Waals surface area contributed by atoms with E-state index in [-0.39, 0.29) is 5.57 Å². The third-order valence-corrected chi connectivity index (χ3v) is 2.32. The second-order valence-electron chi connectivity index (χ2n) is 2.67. The van der Waals surface area contributed by atoms with E-state index in [4.69, 9.17) is 11.6 Å². The molecule has 0 aliphatic heterocycles. The predicted octanol–water partition coefficient (Wildman–Crippen LogP) is 2.37. The maximum atomic E-state index is 13.4. The first-order valence-electron chi connectivity index (χ1n) is 3.24. The van der Waals surface area contributed by atoms with Crippen molar-refractivity contribution in [3.8, 4) is 0 Å². The summed E-state index contributed by atoms with van der Waals surface area (Å²) < 4.78 is 13.4. The lowest BCUT2D eigenvalue weighted by atomic mass is 9.90. The molecular weight excluding hydrogens is 167 g/mol. The molecule has 1 rings (SSSR count). The van der Waals surface area contributed by atoms with Crippen LogP contribution < -0.4 is 0 Å². The van der Waals surface area contributed by atoms with Gasteiger partial charge in [-0.2, -0.15) is 0 Å². The second kappa shape index (κ2) is 2.45. The fraction of sp³-hybridized carbons (Fsp3) is 0.375. The molecule has 0 saturated carbocycles. The molecule has 1 nitrogen and oxygen atoms in total. The van der Waals surface area contributed by atoms with Gasteiger partial charge < -0.3 is 0 Å². The number of rotatable bonds is 0. The van der Waals surface area contributed by atoms with Crippen molar-refractivity contribution in [1.29, 1.82) is 0 Å². The monoisotopic (exact) mass is 174 g/mol. The Hall–Kier alpha value is -0.630. The van der Waals surface area contributed by atoms with Crippen LogP contribution in [0, 0.1) is 0 Å². The molecule has 0 amide bonds. The fourth-order valence-corrected chi connectivity index (χ4v) is 1.08. The summed E-state index contributed by atoms with van der Waals surface area (Å²) in [6.45, 7) is 2.74. The van der Waals surface area contributed by atoms with E-state index < -0.39 is 11.5 Å². The molecule has 0 aromatic carbocycles. The van der Waals surface area contributed by atoms with Gasteiger partial charge in [-0.25, -0.2) is 4.39 Å². The SMILES string of the molecule is CC1=C(Cl)C=CC(=O)C1(C)F. The van der Waals surface area contributed by atoms with Crippen LogP contribution in [0.15, 0.2) is 22.8 Å². The summed E-state index contributed by atoms with van der Waals surface area (Å²) >= 11 is 5.62. The predicted molar refractivity (Wildman–Crippen MR) is 42.2 cm³/mol. The highest BCUT2D eigenvalue weighted by Crippen LogP contribution is 2.31. The van der Waals surface area contributed by atoms with Crippen molar-refractivity contribution in [2.24, 2.45) is 0 Å². The molecule has 0 bridgehead atoms. The second-order valence-corrected chi connectivity index (χ2v) is 3.08. The van der Waals surface area contributed by atoms with Crippen molar-refractivity contribution in [2.75, 3.05) is 0 Å². The highest BCUT2D eigenvalue weighted by Gasteiger charge is 2.36. The Bertz CT molecular complexity index is 263. The van der Waals surface area contributed by atoms with E-state index in [1.807, 2.05) is 0 Å². The molecule has 1 atom stereocenters. The summed E-state index contributed by atoms with van der Waals surface area (Å²) in [5.41, 5.74) is -1.63. The van der Waals surface area contributed by atoms with Crippen LogP contribution >= 0.6 is 11.6 Å². The van der Waals surface area contributed by atoms with E-state index in [0.717, 1.165) is 6.08 Å². The number of ketones is 1. The third-order valence-electron chi connectivity index (χ3n) is 1.91. The quantitative estimate of drug-likeness (QED) is 0.551. The van der Waals surface area contributed by atoms with Crippen LogP contribution in [0.1, 0.15) is 13.8 Å². The van der Waals surface area contributed by atoms with Gasteiger partial charge in [0.25, 0.3) is 0 Å². The molecule has 0 aromatic rings. The Morgan fingerprint density at radius 3 is 2.55 bits per heavy atom. The summed E-state index contributed by atoms with van der Waals surface area (Å²) in [5.74, 6) is -0.542. The van der Waals surface area contributed by atoms with Gasteiger partial charge in [-0.15, -0.1) is 0 Å². The Kier molecular flexibility index (Phi) is 1.89. The topological polar surface area (TPSA) is 17.1 Å². The first kappa shape index (κ1) is 8.47. The van der Waals surface area contributed by atoms with Gasteiger partial charge in [0.1, 0.15) is 0 Å². The van der Waals surface area contributed by atoms with Crippen LogP contribution in [0.25, 0.3) is 0 Å². The lowest BCUT2D eigenvalue weighted by molar-refractivity contribution is -0.122. The van der Waals surface area contributed by atoms with Gasteiger partial charge in [0.2, 0.25) is 0 Å². The van der Waals surface area contributed by atoms with E-state index in [2.05, 4.69) is 0 Å². The van der Waals surface area contributed by atoms with Gasteiger partial charge in [-0.05, 0) is 31.6 Å². The van der Waals surface area contributed by atoms with Crippen LogP contribution in [-0.4, -0.2) is 11.5 Å². The maximum absolute atomic E-state index is 13.4. The minimum absolute atomic E-state index is 0.284. The number of carbonyl (C=O) groups is 1. The molecule has 60 valence electrons. The fourth-order valence-electron chi connectivity index (χ4n) is 0.839. The van der Waals surface area contributed by atoms with Crippen molar-refractivity contribution < 1.29 is 9.18 Å². The number of hydrogen-bond donors (Lipinski definition) is 0. The van der Waals surface area contributed by atoms with Gasteiger partial charge in [-0.3, -0.25) is 4.79 Å². The molecule has 1 aliphatic carbocycles. The first-order chi connectivity index (χ1) is 4.96. The molecule has 0 radical (unpaired) electrons. The standard InChI is InChI=1S/C8H8ClFO/c1-5-6(9)3-4-7(11)8(5,2)10/h3-4H,1-2H3. The van der Waals surface area contributed by atoms with Crippen molar-refractivity contribution in [1.82, 2.24) is 0 Å². The molecule has 1 aliphatic rings. The highest BCUT2D eigenvalue weighted by molar-refractivity contribution is 6.33. The van der Waals surface area contributed by atoms with Crippen molar-refractivity contribution >= 4 is 17.4 Å². The number of alkyl halides is 1. The molecule has 0 spiro atoms. The van der Waals surface area contributed by atoms with Crippen LogP contribution in [0.4, 0.5) is 4.39 Å². The van der Waals surface area contributed by atoms with Crippen molar-refractivity contribution in [3.05, 3.63) is 22.8 Å². The Morgan fingerprint density at radius 2 is 2.09 bits per heavy atom. The van der Waals surface area contributed by atoms with Gasteiger partial charge >= 0.3 is 0 Å². The smallest absolute Gasteiger partial charge is 0.196 e. The van der Waals surface area contributed by atoms with Crippen LogP contribution in [0.2, 0.25) is 0 Å². The molecule has 0 fully saturated rings. The van der Waals surface area contributed by atoms with E-state index in [9.17, 15) is 9.18 Å². The summed E-state index contributed by atoms with van der Waals surface area (Å²) in [6, 6.07) is 0. The molecule has 0 N–H and O–H groups in total. The first-order valence-corrected chi connectivity index (χ1v) is 3.62. The molecule has 1 unspecified atom stereocenters. The number of carbonyl (C=O) groups excluding carboxylic acids is 1. The highest BCUT2D eigenvalue weighted by atomic mass is 35.5. The van der Waals surface area contributed by atoms with Crippen LogP contribution in [0.5, 0.6) is 0 Å². The normalized spacial score (nSPS) is 31.5. The van der Waals surface area contributed by atoms with Gasteiger partial charge in [-0.1, -0.05) is 11.6 Å². The molecule has 11 heavy (non-hydrogen) atoms. The van der Waals surface area contributed by atoms with Gasteiger partial charge in [0.15, 0.2) is 11.5 Å². The van der Waals surface area contributed by atoms with E-state index in [0.29, 0.717) is 5.03 Å². The zero-order valence-electron chi connectivity index (χ0n) is 6.32. The average molecular weight is 175 g/mol. The Morgan fingerprint density at radius 1 is 1.55 bits per heavy atom. The molecule has 0 saturated heterocycles. The third kappa shape index (κ3) is 1.23. The molecular formula is C8H8ClFO. The van der Waals surface area contributed by atoms with Crippen molar-refractivity contribution in [3.63, 3.8) is 0 Å². The number of halogens is 2. The van der Waals surface area contributed by atoms with Crippen LogP contribution in [-0.2, 0) is 4.79 Å². The van der Waals surface area contributed by atoms with Gasteiger partial charge in [0.05, 0.1) is 0 Å². The Balaban J connectivity index is 3.17. The number of hydrogen-bond acceptors (Lipinski definition) is 1. The Labute approximate surface area is 69.5 Å². The lowest BCUT2D eigenvalue weighted by Crippen LogP contribution is -2.32. The molecule has 3 heteroatoms. The lowest BCUT2D eigenvalue weighted by Gasteiger charge is -2.21. The zero-order chi connectivity index (χ0) is 8.65. The summed E-state index contributed by atoms with van der Waals surface area (Å²) in [7, 11) is 0.